The normalized spacial score (nSPS) is 21.5. The number of halogens is 1. The molecule has 1 heterocycles. The van der Waals surface area contributed by atoms with Gasteiger partial charge in [-0.2, -0.15) is 0 Å². The van der Waals surface area contributed by atoms with Crippen molar-refractivity contribution in [2.24, 2.45) is 0 Å². The highest BCUT2D eigenvalue weighted by molar-refractivity contribution is 6.28. The minimum atomic E-state index is 0.515. The fraction of sp³-hybridized carbons (Fsp3) is 0.600. The molecule has 0 radical (unpaired) electrons. The summed E-state index contributed by atoms with van der Waals surface area (Å²) in [5.74, 6) is 1.62. The maximum Gasteiger partial charge on any atom is 0.193 e. The van der Waals surface area contributed by atoms with E-state index in [0.29, 0.717) is 11.1 Å². The summed E-state index contributed by atoms with van der Waals surface area (Å²) in [4.78, 5) is 0. The van der Waals surface area contributed by atoms with Crippen molar-refractivity contribution in [3.05, 3.63) is 22.6 Å². The van der Waals surface area contributed by atoms with Gasteiger partial charge >= 0.3 is 0 Å². The molecular formula is C10H14ClNO. The van der Waals surface area contributed by atoms with E-state index in [1.807, 2.05) is 13.1 Å². The van der Waals surface area contributed by atoms with E-state index in [2.05, 4.69) is 5.32 Å². The first-order valence-electron chi connectivity index (χ1n) is 4.74. The number of hydrogen-bond acceptors (Lipinski definition) is 2. The molecule has 2 nitrogen and oxygen atoms in total. The minimum absolute atomic E-state index is 0.515. The Bertz CT molecular complexity index is 295. The Morgan fingerprint density at radius 2 is 2.54 bits per heavy atom. The third kappa shape index (κ3) is 1.74. The van der Waals surface area contributed by atoms with E-state index in [1.165, 1.54) is 18.4 Å². The largest absolute Gasteiger partial charge is 0.449 e. The topological polar surface area (TPSA) is 25.2 Å². The van der Waals surface area contributed by atoms with Crippen LogP contribution in [0.3, 0.4) is 0 Å². The molecule has 0 saturated heterocycles. The quantitative estimate of drug-likeness (QED) is 0.792. The molecule has 1 aromatic rings. The zero-order valence-corrected chi connectivity index (χ0v) is 8.53. The molecule has 3 heteroatoms. The summed E-state index contributed by atoms with van der Waals surface area (Å²) in [7, 11) is 1.97. The number of fused-ring (bicyclic) bond motifs is 1. The van der Waals surface area contributed by atoms with E-state index in [1.54, 1.807) is 0 Å². The molecule has 0 amide bonds. The van der Waals surface area contributed by atoms with E-state index in [4.69, 9.17) is 16.0 Å². The van der Waals surface area contributed by atoms with Gasteiger partial charge in [-0.1, -0.05) is 0 Å². The third-order valence-corrected chi connectivity index (χ3v) is 2.82. The van der Waals surface area contributed by atoms with Crippen molar-refractivity contribution >= 4 is 11.6 Å². The van der Waals surface area contributed by atoms with Crippen molar-refractivity contribution in [3.8, 4) is 0 Å². The molecule has 1 unspecified atom stereocenters. The molecule has 1 atom stereocenters. The molecule has 0 bridgehead atoms. The van der Waals surface area contributed by atoms with Crippen LogP contribution in [-0.4, -0.2) is 13.6 Å². The van der Waals surface area contributed by atoms with Crippen LogP contribution in [0.25, 0.3) is 0 Å². The Morgan fingerprint density at radius 1 is 1.69 bits per heavy atom. The first kappa shape index (κ1) is 9.10. The van der Waals surface area contributed by atoms with Gasteiger partial charge in [0.05, 0.1) is 0 Å². The zero-order chi connectivity index (χ0) is 9.26. The van der Waals surface area contributed by atoms with E-state index in [-0.39, 0.29) is 0 Å². The van der Waals surface area contributed by atoms with Crippen LogP contribution in [0.4, 0.5) is 0 Å². The number of rotatable bonds is 2. The first-order chi connectivity index (χ1) is 6.31. The lowest BCUT2D eigenvalue weighted by molar-refractivity contribution is 0.409. The summed E-state index contributed by atoms with van der Waals surface area (Å²) < 4.78 is 5.50. The maximum absolute atomic E-state index is 5.83. The molecule has 72 valence electrons. The molecule has 13 heavy (non-hydrogen) atoms. The molecule has 1 N–H and O–H groups in total. The third-order valence-electron chi connectivity index (χ3n) is 2.63. The molecule has 1 aliphatic carbocycles. The molecule has 0 aromatic carbocycles. The van der Waals surface area contributed by atoms with Gasteiger partial charge in [-0.3, -0.25) is 0 Å². The summed E-state index contributed by atoms with van der Waals surface area (Å²) in [5, 5.41) is 3.72. The Balaban J connectivity index is 2.25. The van der Waals surface area contributed by atoms with Crippen molar-refractivity contribution in [1.82, 2.24) is 5.32 Å². The molecule has 1 aromatic heterocycles. The molecule has 0 saturated carbocycles. The van der Waals surface area contributed by atoms with Gasteiger partial charge in [0.2, 0.25) is 0 Å². The van der Waals surface area contributed by atoms with Crippen LogP contribution in [0.5, 0.6) is 0 Å². The van der Waals surface area contributed by atoms with Crippen LogP contribution in [0.2, 0.25) is 5.22 Å². The van der Waals surface area contributed by atoms with Gasteiger partial charge in [0.1, 0.15) is 5.76 Å². The molecule has 0 spiro atoms. The highest BCUT2D eigenvalue weighted by Gasteiger charge is 2.23. The van der Waals surface area contributed by atoms with Gasteiger partial charge in [-0.15, -0.1) is 0 Å². The van der Waals surface area contributed by atoms with Crippen LogP contribution in [0.1, 0.15) is 30.1 Å². The van der Waals surface area contributed by atoms with Gasteiger partial charge in [0.15, 0.2) is 5.22 Å². The minimum Gasteiger partial charge on any atom is -0.449 e. The van der Waals surface area contributed by atoms with Gasteiger partial charge in [-0.05, 0) is 49.5 Å². The second kappa shape index (κ2) is 3.72. The second-order valence-electron chi connectivity index (χ2n) is 3.59. The number of furan rings is 1. The highest BCUT2D eigenvalue weighted by atomic mass is 35.5. The fourth-order valence-electron chi connectivity index (χ4n) is 2.06. The van der Waals surface area contributed by atoms with Crippen LogP contribution >= 0.6 is 11.6 Å². The van der Waals surface area contributed by atoms with Crippen LogP contribution in [-0.2, 0) is 6.42 Å². The molecule has 0 fully saturated rings. The van der Waals surface area contributed by atoms with Crippen molar-refractivity contribution in [2.45, 2.75) is 25.2 Å². The van der Waals surface area contributed by atoms with Gasteiger partial charge in [0, 0.05) is 12.5 Å². The number of aryl methyl sites for hydroxylation is 1. The highest BCUT2D eigenvalue weighted by Crippen LogP contribution is 2.34. The fourth-order valence-corrected chi connectivity index (χ4v) is 2.28. The number of likely N-dealkylation sites (N-methyl/N-ethyl adjacent to an activating group) is 1. The Kier molecular flexibility index (Phi) is 2.61. The van der Waals surface area contributed by atoms with Crippen molar-refractivity contribution in [1.29, 1.82) is 0 Å². The lowest BCUT2D eigenvalue weighted by Crippen LogP contribution is -2.20. The van der Waals surface area contributed by atoms with E-state index in [9.17, 15) is 0 Å². The van der Waals surface area contributed by atoms with Crippen molar-refractivity contribution in [2.75, 3.05) is 13.6 Å². The Morgan fingerprint density at radius 3 is 3.31 bits per heavy atom. The van der Waals surface area contributed by atoms with Crippen LogP contribution in [0, 0.1) is 0 Å². The second-order valence-corrected chi connectivity index (χ2v) is 3.96. The molecular weight excluding hydrogens is 186 g/mol. The maximum atomic E-state index is 5.83. The summed E-state index contributed by atoms with van der Waals surface area (Å²) in [6.45, 7) is 0.983. The molecule has 0 aliphatic heterocycles. The summed E-state index contributed by atoms with van der Waals surface area (Å²) in [6, 6.07) is 1.96. The summed E-state index contributed by atoms with van der Waals surface area (Å²) in [5.41, 5.74) is 1.30. The summed E-state index contributed by atoms with van der Waals surface area (Å²) in [6.07, 6.45) is 3.57. The van der Waals surface area contributed by atoms with Gasteiger partial charge in [-0.25, -0.2) is 0 Å². The van der Waals surface area contributed by atoms with E-state index in [0.717, 1.165) is 18.7 Å². The molecule has 2 rings (SSSR count). The zero-order valence-electron chi connectivity index (χ0n) is 7.77. The summed E-state index contributed by atoms with van der Waals surface area (Å²) >= 11 is 5.83. The van der Waals surface area contributed by atoms with Crippen LogP contribution < -0.4 is 5.32 Å². The lowest BCUT2D eigenvalue weighted by atomic mass is 9.89. The van der Waals surface area contributed by atoms with Gasteiger partial charge < -0.3 is 9.73 Å². The predicted molar refractivity (Wildman–Crippen MR) is 53.3 cm³/mol. The van der Waals surface area contributed by atoms with E-state index < -0.39 is 0 Å². The Labute approximate surface area is 83.3 Å². The number of nitrogens with one attached hydrogen (secondary N) is 1. The van der Waals surface area contributed by atoms with Gasteiger partial charge in [0.25, 0.3) is 0 Å². The van der Waals surface area contributed by atoms with E-state index >= 15 is 0 Å². The average Bonchev–Trinajstić information content (AvgIpc) is 2.47. The van der Waals surface area contributed by atoms with Crippen LogP contribution in [0.15, 0.2) is 10.5 Å². The SMILES string of the molecule is CNCC1CCCc2cc(Cl)oc21. The van der Waals surface area contributed by atoms with Crippen molar-refractivity contribution < 1.29 is 4.42 Å². The van der Waals surface area contributed by atoms with Crippen molar-refractivity contribution in [3.63, 3.8) is 0 Å². The Hall–Kier alpha value is -0.470. The first-order valence-corrected chi connectivity index (χ1v) is 5.11. The smallest absolute Gasteiger partial charge is 0.193 e. The number of hydrogen-bond donors (Lipinski definition) is 1. The average molecular weight is 200 g/mol. The lowest BCUT2D eigenvalue weighted by Gasteiger charge is -2.20. The predicted octanol–water partition coefficient (Wildman–Crippen LogP) is 2.57. The molecule has 1 aliphatic rings. The standard InChI is InChI=1S/C10H14ClNO/c1-12-6-8-4-2-3-7-5-9(11)13-10(7)8/h5,8,12H,2-4,6H2,1H3. The monoisotopic (exact) mass is 199 g/mol.